The molecule has 1 amide bonds. The van der Waals surface area contributed by atoms with Crippen LogP contribution in [0.4, 0.5) is 0 Å². The molecule has 0 spiro atoms. The van der Waals surface area contributed by atoms with Crippen LogP contribution < -0.4 is 5.32 Å². The number of rotatable bonds is 8. The highest BCUT2D eigenvalue weighted by molar-refractivity contribution is 8.00. The Bertz CT molecular complexity index is 810. The largest absolute Gasteiger partial charge is 0.465 e. The molecule has 2 rings (SSSR count). The molecule has 1 N–H and O–H groups in total. The van der Waals surface area contributed by atoms with E-state index in [0.717, 1.165) is 10.5 Å². The van der Waals surface area contributed by atoms with Crippen LogP contribution in [0.1, 0.15) is 15.9 Å². The predicted octanol–water partition coefficient (Wildman–Crippen LogP) is 3.08. The monoisotopic (exact) mass is 407 g/mol. The van der Waals surface area contributed by atoms with Crippen molar-refractivity contribution in [3.63, 3.8) is 0 Å². The summed E-state index contributed by atoms with van der Waals surface area (Å²) in [7, 11) is 1.31. The fraction of sp³-hybridized carbons (Fsp3) is 0.211. The molecule has 0 saturated carbocycles. The average Bonchev–Trinajstić information content (AvgIpc) is 2.69. The maximum Gasteiger partial charge on any atom is 0.337 e. The number of nitrogens with one attached hydrogen (secondary N) is 1. The van der Waals surface area contributed by atoms with Gasteiger partial charge in [-0.3, -0.25) is 9.59 Å². The van der Waals surface area contributed by atoms with Gasteiger partial charge in [0.15, 0.2) is 6.61 Å². The minimum absolute atomic E-state index is 0.0615. The Morgan fingerprint density at radius 1 is 1.07 bits per heavy atom. The number of esters is 2. The van der Waals surface area contributed by atoms with Crippen molar-refractivity contribution < 1.29 is 23.9 Å². The number of amides is 1. The molecule has 0 saturated heterocycles. The van der Waals surface area contributed by atoms with Crippen LogP contribution in [0.3, 0.4) is 0 Å². The second-order valence-electron chi connectivity index (χ2n) is 5.35. The van der Waals surface area contributed by atoms with Crippen molar-refractivity contribution in [1.82, 2.24) is 5.32 Å². The highest BCUT2D eigenvalue weighted by atomic mass is 35.5. The zero-order chi connectivity index (χ0) is 19.6. The number of hydrogen-bond acceptors (Lipinski definition) is 6. The van der Waals surface area contributed by atoms with Crippen LogP contribution in [0.15, 0.2) is 53.4 Å². The van der Waals surface area contributed by atoms with E-state index in [-0.39, 0.29) is 18.9 Å². The van der Waals surface area contributed by atoms with E-state index >= 15 is 0 Å². The molecule has 0 aliphatic heterocycles. The van der Waals surface area contributed by atoms with Crippen LogP contribution in [-0.2, 0) is 25.6 Å². The van der Waals surface area contributed by atoms with Gasteiger partial charge in [-0.1, -0.05) is 35.9 Å². The first-order chi connectivity index (χ1) is 13.0. The Labute approximate surface area is 166 Å². The van der Waals surface area contributed by atoms with Gasteiger partial charge in [0, 0.05) is 11.4 Å². The summed E-state index contributed by atoms with van der Waals surface area (Å²) in [5.74, 6) is -1.28. The Kier molecular flexibility index (Phi) is 8.16. The van der Waals surface area contributed by atoms with Crippen LogP contribution in [0, 0.1) is 0 Å². The van der Waals surface area contributed by atoms with Gasteiger partial charge in [-0.05, 0) is 29.8 Å². The number of hydrogen-bond donors (Lipinski definition) is 1. The quantitative estimate of drug-likeness (QED) is 0.535. The molecule has 0 radical (unpaired) electrons. The number of thioether (sulfide) groups is 1. The summed E-state index contributed by atoms with van der Waals surface area (Å²) in [4.78, 5) is 35.6. The molecule has 0 fully saturated rings. The van der Waals surface area contributed by atoms with E-state index in [0.29, 0.717) is 10.6 Å². The first-order valence-electron chi connectivity index (χ1n) is 7.96. The summed E-state index contributed by atoms with van der Waals surface area (Å²) in [5, 5.41) is 3.20. The van der Waals surface area contributed by atoms with Crippen LogP contribution in [0.25, 0.3) is 0 Å². The van der Waals surface area contributed by atoms with Crippen molar-refractivity contribution in [1.29, 1.82) is 0 Å². The van der Waals surface area contributed by atoms with Gasteiger partial charge in [-0.15, -0.1) is 11.8 Å². The van der Waals surface area contributed by atoms with E-state index in [1.165, 1.54) is 18.9 Å². The number of methoxy groups -OCH3 is 1. The number of benzene rings is 2. The van der Waals surface area contributed by atoms with Gasteiger partial charge >= 0.3 is 11.9 Å². The topological polar surface area (TPSA) is 81.7 Å². The van der Waals surface area contributed by atoms with Crippen LogP contribution in [0.2, 0.25) is 5.02 Å². The summed E-state index contributed by atoms with van der Waals surface area (Å²) in [6, 6.07) is 13.8. The van der Waals surface area contributed by atoms with Gasteiger partial charge in [0.05, 0.1) is 23.4 Å². The lowest BCUT2D eigenvalue weighted by atomic mass is 10.1. The van der Waals surface area contributed by atoms with Crippen LogP contribution in [-0.4, -0.2) is 37.3 Å². The molecule has 0 aliphatic rings. The molecule has 0 bridgehead atoms. The van der Waals surface area contributed by atoms with Crippen molar-refractivity contribution >= 4 is 41.2 Å². The molecule has 6 nitrogen and oxygen atoms in total. The Hall–Kier alpha value is -2.51. The molecular weight excluding hydrogens is 390 g/mol. The third kappa shape index (κ3) is 6.96. The molecule has 27 heavy (non-hydrogen) atoms. The van der Waals surface area contributed by atoms with Gasteiger partial charge in [0.25, 0.3) is 5.91 Å². The Morgan fingerprint density at radius 2 is 1.78 bits per heavy atom. The smallest absolute Gasteiger partial charge is 0.337 e. The molecule has 2 aromatic carbocycles. The molecular formula is C19H18ClNO5S. The van der Waals surface area contributed by atoms with Gasteiger partial charge in [-0.2, -0.15) is 0 Å². The van der Waals surface area contributed by atoms with Gasteiger partial charge in [0.2, 0.25) is 0 Å². The molecule has 8 heteroatoms. The molecule has 0 atom stereocenters. The van der Waals surface area contributed by atoms with Crippen LogP contribution in [0.5, 0.6) is 0 Å². The van der Waals surface area contributed by atoms with Crippen molar-refractivity contribution in [2.75, 3.05) is 19.5 Å². The standard InChI is InChI=1S/C19H18ClNO5S/c1-25-19(24)14-8-6-13(7-9-14)10-21-17(22)11-26-18(23)12-27-16-5-3-2-4-15(16)20/h2-9H,10-12H2,1H3,(H,21,22). The van der Waals surface area contributed by atoms with Crippen LogP contribution >= 0.6 is 23.4 Å². The fourth-order valence-electron chi connectivity index (χ4n) is 2.01. The predicted molar refractivity (Wildman–Crippen MR) is 103 cm³/mol. The molecule has 0 aromatic heterocycles. The van der Waals surface area contributed by atoms with Crippen molar-refractivity contribution in [3.05, 3.63) is 64.7 Å². The summed E-state index contributed by atoms with van der Waals surface area (Å²) >= 11 is 7.25. The highest BCUT2D eigenvalue weighted by Gasteiger charge is 2.10. The summed E-state index contributed by atoms with van der Waals surface area (Å²) in [6.45, 7) is -0.103. The first kappa shape index (κ1) is 20.8. The van der Waals surface area contributed by atoms with Crippen molar-refractivity contribution in [2.24, 2.45) is 0 Å². The lowest BCUT2D eigenvalue weighted by Crippen LogP contribution is -2.28. The highest BCUT2D eigenvalue weighted by Crippen LogP contribution is 2.26. The van der Waals surface area contributed by atoms with E-state index in [1.807, 2.05) is 6.07 Å². The number of carbonyl (C=O) groups excluding carboxylic acids is 3. The maximum absolute atomic E-state index is 11.8. The van der Waals surface area contributed by atoms with Crippen molar-refractivity contribution in [3.8, 4) is 0 Å². The minimum Gasteiger partial charge on any atom is -0.465 e. The molecule has 0 aliphatic carbocycles. The lowest BCUT2D eigenvalue weighted by Gasteiger charge is -2.08. The van der Waals surface area contributed by atoms with Crippen molar-refractivity contribution in [2.45, 2.75) is 11.4 Å². The Balaban J connectivity index is 1.69. The second-order valence-corrected chi connectivity index (χ2v) is 6.77. The molecule has 0 heterocycles. The van der Waals surface area contributed by atoms with E-state index in [1.54, 1.807) is 42.5 Å². The summed E-state index contributed by atoms with van der Waals surface area (Å²) < 4.78 is 9.56. The summed E-state index contributed by atoms with van der Waals surface area (Å²) in [6.07, 6.45) is 0. The van der Waals surface area contributed by atoms with E-state index in [2.05, 4.69) is 10.1 Å². The Morgan fingerprint density at radius 3 is 2.44 bits per heavy atom. The average molecular weight is 408 g/mol. The zero-order valence-corrected chi connectivity index (χ0v) is 16.1. The normalized spacial score (nSPS) is 10.1. The lowest BCUT2D eigenvalue weighted by molar-refractivity contribution is -0.145. The van der Waals surface area contributed by atoms with Gasteiger partial charge in [-0.25, -0.2) is 4.79 Å². The first-order valence-corrected chi connectivity index (χ1v) is 9.33. The van der Waals surface area contributed by atoms with E-state index < -0.39 is 17.8 Å². The number of ether oxygens (including phenoxy) is 2. The zero-order valence-electron chi connectivity index (χ0n) is 14.6. The SMILES string of the molecule is COC(=O)c1ccc(CNC(=O)COC(=O)CSc2ccccc2Cl)cc1. The maximum atomic E-state index is 11.8. The van der Waals surface area contributed by atoms with Gasteiger partial charge < -0.3 is 14.8 Å². The number of halogens is 1. The second kappa shape index (κ2) is 10.6. The third-order valence-electron chi connectivity index (χ3n) is 3.41. The summed E-state index contributed by atoms with van der Waals surface area (Å²) in [5.41, 5.74) is 1.23. The molecule has 2 aromatic rings. The molecule has 142 valence electrons. The minimum atomic E-state index is -0.502. The fourth-order valence-corrected chi connectivity index (χ4v) is 3.05. The third-order valence-corrected chi connectivity index (χ3v) is 4.90. The number of carbonyl (C=O) groups is 3. The van der Waals surface area contributed by atoms with E-state index in [4.69, 9.17) is 16.3 Å². The molecule has 0 unspecified atom stereocenters. The van der Waals surface area contributed by atoms with E-state index in [9.17, 15) is 14.4 Å². The van der Waals surface area contributed by atoms with Gasteiger partial charge in [0.1, 0.15) is 0 Å².